The van der Waals surface area contributed by atoms with E-state index in [1.54, 1.807) is 0 Å². The van der Waals surface area contributed by atoms with Crippen LogP contribution in [-0.2, 0) is 9.53 Å². The molecule has 0 unspecified atom stereocenters. The van der Waals surface area contributed by atoms with E-state index in [0.29, 0.717) is 13.0 Å². The third-order valence-electron chi connectivity index (χ3n) is 4.63. The highest BCUT2D eigenvalue weighted by Gasteiger charge is 2.01. The van der Waals surface area contributed by atoms with Crippen molar-refractivity contribution in [1.29, 1.82) is 0 Å². The molecule has 0 saturated heterocycles. The van der Waals surface area contributed by atoms with Gasteiger partial charge in [-0.25, -0.2) is 0 Å². The second-order valence-electron chi connectivity index (χ2n) is 7.18. The molecular formula is C26H38O2. The van der Waals surface area contributed by atoms with Crippen molar-refractivity contribution in [1.82, 2.24) is 0 Å². The van der Waals surface area contributed by atoms with Crippen molar-refractivity contribution in [3.8, 4) is 11.1 Å². The highest BCUT2D eigenvalue weighted by molar-refractivity contribution is 5.69. The van der Waals surface area contributed by atoms with Crippen LogP contribution in [0.5, 0.6) is 0 Å². The molecule has 0 spiro atoms. The summed E-state index contributed by atoms with van der Waals surface area (Å²) in [5.74, 6) is -0.00778. The first kappa shape index (κ1) is 23.9. The molecule has 0 N–H and O–H groups in total. The van der Waals surface area contributed by atoms with Gasteiger partial charge in [0.15, 0.2) is 0 Å². The minimum atomic E-state index is -0.00778. The van der Waals surface area contributed by atoms with E-state index < -0.39 is 0 Å². The minimum Gasteiger partial charge on any atom is -0.466 e. The van der Waals surface area contributed by atoms with Crippen LogP contribution < -0.4 is 0 Å². The van der Waals surface area contributed by atoms with Gasteiger partial charge in [-0.3, -0.25) is 4.79 Å². The Morgan fingerprint density at radius 2 is 1.11 bits per heavy atom. The number of carbonyl (C=O) groups excluding carboxylic acids is 1. The zero-order chi connectivity index (χ0) is 20.3. The van der Waals surface area contributed by atoms with Gasteiger partial charge in [-0.1, -0.05) is 119 Å². The Kier molecular flexibility index (Phi) is 14.6. The lowest BCUT2D eigenvalue weighted by atomic mass is 10.1. The van der Waals surface area contributed by atoms with E-state index in [0.717, 1.165) is 19.3 Å². The molecule has 0 aliphatic carbocycles. The highest BCUT2D eigenvalue weighted by atomic mass is 16.5. The van der Waals surface area contributed by atoms with Crippen molar-refractivity contribution < 1.29 is 9.53 Å². The van der Waals surface area contributed by atoms with Crippen LogP contribution in [0.4, 0.5) is 0 Å². The van der Waals surface area contributed by atoms with Gasteiger partial charge in [0.25, 0.3) is 0 Å². The lowest BCUT2D eigenvalue weighted by molar-refractivity contribution is -0.143. The predicted octanol–water partition coefficient (Wildman–Crippen LogP) is 7.82. The van der Waals surface area contributed by atoms with E-state index in [4.69, 9.17) is 4.74 Å². The lowest BCUT2D eigenvalue weighted by Crippen LogP contribution is -2.05. The largest absolute Gasteiger partial charge is 0.466 e. The zero-order valence-electron chi connectivity index (χ0n) is 17.9. The molecule has 2 heteroatoms. The summed E-state index contributed by atoms with van der Waals surface area (Å²) in [6.45, 7) is 4.98. The maximum atomic E-state index is 11.3. The summed E-state index contributed by atoms with van der Waals surface area (Å²) in [4.78, 5) is 11.3. The molecule has 0 atom stereocenters. The number of benzene rings is 2. The van der Waals surface area contributed by atoms with Crippen molar-refractivity contribution in [2.24, 2.45) is 0 Å². The van der Waals surface area contributed by atoms with Crippen LogP contribution in [0.3, 0.4) is 0 Å². The fraction of sp³-hybridized carbons (Fsp3) is 0.500. The second kappa shape index (κ2) is 17.0. The first-order valence-electron chi connectivity index (χ1n) is 11.0. The summed E-state index contributed by atoms with van der Waals surface area (Å²) >= 11 is 0. The lowest BCUT2D eigenvalue weighted by Gasteiger charge is -2.04. The van der Waals surface area contributed by atoms with Crippen molar-refractivity contribution >= 4 is 5.97 Å². The Balaban J connectivity index is 0.000000289. The molecule has 0 radical (unpaired) electrons. The third-order valence-corrected chi connectivity index (χ3v) is 4.63. The standard InChI is InChI=1S/C14H28O2.C12H10/c1-3-5-7-8-9-10-12-14(15)16-13-11-6-4-2;1-3-7-11(8-4-1)12-9-5-2-6-10-12/h3-13H2,1-2H3;1-10H. The van der Waals surface area contributed by atoms with Gasteiger partial charge >= 0.3 is 5.97 Å². The highest BCUT2D eigenvalue weighted by Crippen LogP contribution is 2.17. The van der Waals surface area contributed by atoms with E-state index in [1.807, 2.05) is 12.1 Å². The van der Waals surface area contributed by atoms with Crippen LogP contribution in [-0.4, -0.2) is 12.6 Å². The van der Waals surface area contributed by atoms with E-state index in [-0.39, 0.29) is 5.97 Å². The summed E-state index contributed by atoms with van der Waals surface area (Å²) in [6.07, 6.45) is 11.3. The summed E-state index contributed by atoms with van der Waals surface area (Å²) in [5.41, 5.74) is 2.55. The number of unbranched alkanes of at least 4 members (excludes halogenated alkanes) is 7. The summed E-state index contributed by atoms with van der Waals surface area (Å²) in [7, 11) is 0. The van der Waals surface area contributed by atoms with E-state index in [1.165, 1.54) is 49.7 Å². The molecule has 0 amide bonds. The van der Waals surface area contributed by atoms with Crippen LogP contribution >= 0.6 is 0 Å². The third kappa shape index (κ3) is 12.3. The molecule has 154 valence electrons. The fourth-order valence-electron chi connectivity index (χ4n) is 2.92. The molecule has 0 bridgehead atoms. The molecular weight excluding hydrogens is 344 g/mol. The smallest absolute Gasteiger partial charge is 0.305 e. The summed E-state index contributed by atoms with van der Waals surface area (Å²) < 4.78 is 5.13. The Morgan fingerprint density at radius 3 is 1.64 bits per heavy atom. The van der Waals surface area contributed by atoms with Crippen LogP contribution in [0.15, 0.2) is 60.7 Å². The molecule has 2 nitrogen and oxygen atoms in total. The Labute approximate surface area is 172 Å². The van der Waals surface area contributed by atoms with Crippen molar-refractivity contribution in [3.63, 3.8) is 0 Å². The maximum absolute atomic E-state index is 11.3. The molecule has 0 aliphatic heterocycles. The van der Waals surface area contributed by atoms with E-state index in [2.05, 4.69) is 62.4 Å². The topological polar surface area (TPSA) is 26.3 Å². The first-order valence-corrected chi connectivity index (χ1v) is 11.0. The maximum Gasteiger partial charge on any atom is 0.305 e. The molecule has 0 aromatic heterocycles. The number of ether oxygens (including phenoxy) is 1. The Bertz CT molecular complexity index is 555. The van der Waals surface area contributed by atoms with E-state index in [9.17, 15) is 4.79 Å². The number of carbonyl (C=O) groups is 1. The average Bonchev–Trinajstić information content (AvgIpc) is 2.75. The van der Waals surface area contributed by atoms with E-state index >= 15 is 0 Å². The van der Waals surface area contributed by atoms with Gasteiger partial charge in [-0.15, -0.1) is 0 Å². The van der Waals surface area contributed by atoms with Crippen LogP contribution in [0.25, 0.3) is 11.1 Å². The van der Waals surface area contributed by atoms with Gasteiger partial charge in [0.2, 0.25) is 0 Å². The normalized spacial score (nSPS) is 10.1. The number of rotatable bonds is 12. The first-order chi connectivity index (χ1) is 13.8. The molecule has 2 aromatic rings. The minimum absolute atomic E-state index is 0.00778. The van der Waals surface area contributed by atoms with Gasteiger partial charge in [-0.2, -0.15) is 0 Å². The molecule has 0 saturated carbocycles. The van der Waals surface area contributed by atoms with Gasteiger partial charge in [0.05, 0.1) is 6.61 Å². The van der Waals surface area contributed by atoms with Gasteiger partial charge in [0.1, 0.15) is 0 Å². The molecule has 2 aromatic carbocycles. The Morgan fingerprint density at radius 1 is 0.643 bits per heavy atom. The predicted molar refractivity (Wildman–Crippen MR) is 120 cm³/mol. The molecule has 0 heterocycles. The molecule has 28 heavy (non-hydrogen) atoms. The van der Waals surface area contributed by atoms with Crippen molar-refractivity contribution in [2.75, 3.05) is 6.61 Å². The Hall–Kier alpha value is -2.09. The SMILES string of the molecule is CCCCCCCCC(=O)OCCCCC.c1ccc(-c2ccccc2)cc1. The number of esters is 1. The number of hydrogen-bond acceptors (Lipinski definition) is 2. The van der Waals surface area contributed by atoms with Gasteiger partial charge in [0, 0.05) is 6.42 Å². The second-order valence-corrected chi connectivity index (χ2v) is 7.18. The van der Waals surface area contributed by atoms with Crippen molar-refractivity contribution in [3.05, 3.63) is 60.7 Å². The fourth-order valence-corrected chi connectivity index (χ4v) is 2.92. The quantitative estimate of drug-likeness (QED) is 0.276. The summed E-state index contributed by atoms with van der Waals surface area (Å²) in [6, 6.07) is 20.8. The van der Waals surface area contributed by atoms with Gasteiger partial charge in [-0.05, 0) is 24.0 Å². The molecule has 0 fully saturated rings. The van der Waals surface area contributed by atoms with Crippen LogP contribution in [0, 0.1) is 0 Å². The summed E-state index contributed by atoms with van der Waals surface area (Å²) in [5, 5.41) is 0. The van der Waals surface area contributed by atoms with Crippen LogP contribution in [0.1, 0.15) is 78.1 Å². The monoisotopic (exact) mass is 382 g/mol. The van der Waals surface area contributed by atoms with Gasteiger partial charge < -0.3 is 4.74 Å². The van der Waals surface area contributed by atoms with Crippen LogP contribution in [0.2, 0.25) is 0 Å². The molecule has 2 rings (SSSR count). The van der Waals surface area contributed by atoms with Crippen molar-refractivity contribution in [2.45, 2.75) is 78.1 Å². The average molecular weight is 383 g/mol. The zero-order valence-corrected chi connectivity index (χ0v) is 17.9. The molecule has 0 aliphatic rings. The number of hydrogen-bond donors (Lipinski definition) is 0.